The molecular weight excluding hydrogens is 520 g/mol. The quantitative estimate of drug-likeness (QED) is 0.237. The van der Waals surface area contributed by atoms with E-state index in [1.54, 1.807) is 6.92 Å². The number of esters is 1. The van der Waals surface area contributed by atoms with Crippen molar-refractivity contribution < 1.29 is 36.9 Å². The van der Waals surface area contributed by atoms with Crippen LogP contribution in [0.3, 0.4) is 0 Å². The predicted octanol–water partition coefficient (Wildman–Crippen LogP) is 1.40. The highest BCUT2D eigenvalue weighted by Crippen LogP contribution is 2.41. The van der Waals surface area contributed by atoms with E-state index in [0.717, 1.165) is 10.9 Å². The van der Waals surface area contributed by atoms with Crippen LogP contribution in [-0.4, -0.2) is 69.2 Å². The second kappa shape index (κ2) is 9.45. The van der Waals surface area contributed by atoms with E-state index in [4.69, 9.17) is 10.5 Å². The normalized spacial score (nSPS) is 21.6. The molecule has 3 aromatic heterocycles. The summed E-state index contributed by atoms with van der Waals surface area (Å²) in [6.45, 7) is 2.03. The molecule has 0 aliphatic carbocycles. The number of ether oxygens (including phenoxy) is 2. The maximum absolute atomic E-state index is 13.2. The van der Waals surface area contributed by atoms with E-state index in [2.05, 4.69) is 40.4 Å². The van der Waals surface area contributed by atoms with Gasteiger partial charge in [0.15, 0.2) is 29.9 Å². The topological polar surface area (TPSA) is 181 Å². The number of hydrogen-bond donors (Lipinski definition) is 3. The number of nitrogens with zero attached hydrogens (tertiary/aromatic N) is 8. The summed E-state index contributed by atoms with van der Waals surface area (Å²) in [6.07, 6.45) is -10.9. The average Bonchev–Trinajstić information content (AvgIpc) is 3.58. The summed E-state index contributed by atoms with van der Waals surface area (Å²) in [4.78, 5) is 25.3. The molecule has 1 saturated heterocycles. The minimum atomic E-state index is -5.35. The molecule has 1 aromatic carbocycles. The van der Waals surface area contributed by atoms with Crippen LogP contribution >= 0.6 is 0 Å². The molecule has 0 saturated carbocycles. The first-order valence-electron chi connectivity index (χ1n) is 11.0. The number of aliphatic hydroxyl groups excluding tert-OH is 1. The Hall–Kier alpha value is -4.45. The van der Waals surface area contributed by atoms with Gasteiger partial charge in [-0.3, -0.25) is 4.57 Å². The third kappa shape index (κ3) is 4.65. The molecule has 18 heteroatoms. The van der Waals surface area contributed by atoms with E-state index in [9.17, 15) is 27.5 Å². The van der Waals surface area contributed by atoms with Gasteiger partial charge in [0.1, 0.15) is 17.4 Å². The number of aryl methyl sites for hydroxylation is 1. The van der Waals surface area contributed by atoms with E-state index in [-0.39, 0.29) is 28.8 Å². The van der Waals surface area contributed by atoms with Crippen LogP contribution in [0, 0.1) is 5.82 Å². The van der Waals surface area contributed by atoms with Crippen molar-refractivity contribution in [2.75, 3.05) is 11.1 Å². The molecule has 14 nitrogen and oxygen atoms in total. The summed E-state index contributed by atoms with van der Waals surface area (Å²) in [6, 6.07) is 5.23. The molecule has 0 amide bonds. The van der Waals surface area contributed by atoms with Crippen LogP contribution in [0.4, 0.5) is 35.0 Å². The Morgan fingerprint density at radius 2 is 2.00 bits per heavy atom. The van der Waals surface area contributed by atoms with E-state index in [1.165, 1.54) is 29.1 Å². The molecule has 200 valence electrons. The summed E-state index contributed by atoms with van der Waals surface area (Å²) in [5, 5.41) is 25.2. The fourth-order valence-corrected chi connectivity index (χ4v) is 3.75. The number of fused-ring (bicyclic) bond motifs is 1. The van der Waals surface area contributed by atoms with Crippen molar-refractivity contribution in [1.29, 1.82) is 0 Å². The van der Waals surface area contributed by atoms with Gasteiger partial charge in [-0.15, -0.1) is 10.2 Å². The van der Waals surface area contributed by atoms with E-state index >= 15 is 0 Å². The van der Waals surface area contributed by atoms with Crippen molar-refractivity contribution in [2.45, 2.75) is 44.2 Å². The molecule has 0 unspecified atom stereocenters. The third-order valence-electron chi connectivity index (χ3n) is 5.52. The van der Waals surface area contributed by atoms with Gasteiger partial charge in [-0.1, -0.05) is 0 Å². The highest BCUT2D eigenvalue weighted by Gasteiger charge is 2.53. The molecule has 1 aliphatic rings. The van der Waals surface area contributed by atoms with Crippen LogP contribution in [0.1, 0.15) is 25.1 Å². The number of aromatic nitrogens is 8. The number of tetrazole rings is 1. The van der Waals surface area contributed by atoms with Crippen molar-refractivity contribution in [3.8, 4) is 0 Å². The molecule has 0 spiro atoms. The second-order valence-electron chi connectivity index (χ2n) is 8.03. The zero-order chi connectivity index (χ0) is 27.2. The van der Waals surface area contributed by atoms with Gasteiger partial charge < -0.3 is 25.6 Å². The third-order valence-corrected chi connectivity index (χ3v) is 5.52. The number of nitrogen functional groups attached to an aromatic ring is 1. The summed E-state index contributed by atoms with van der Waals surface area (Å²) in [5.74, 6) is -3.33. The minimum absolute atomic E-state index is 0.0295. The van der Waals surface area contributed by atoms with E-state index in [1.807, 2.05) is 0 Å². The Bertz CT molecular complexity index is 1470. The maximum atomic E-state index is 13.2. The van der Waals surface area contributed by atoms with Crippen LogP contribution in [-0.2, 0) is 20.8 Å². The summed E-state index contributed by atoms with van der Waals surface area (Å²) < 4.78 is 63.9. The van der Waals surface area contributed by atoms with Crippen LogP contribution < -0.4 is 11.1 Å². The first-order valence-corrected chi connectivity index (χ1v) is 11.0. The molecule has 38 heavy (non-hydrogen) atoms. The molecule has 1 fully saturated rings. The molecule has 4 N–H and O–H groups in total. The van der Waals surface area contributed by atoms with Gasteiger partial charge >= 0.3 is 12.1 Å². The Labute approximate surface area is 209 Å². The lowest BCUT2D eigenvalue weighted by molar-refractivity contribution is -0.211. The van der Waals surface area contributed by atoms with Gasteiger partial charge in [0.05, 0.1) is 12.9 Å². The number of anilines is 3. The zero-order valence-corrected chi connectivity index (χ0v) is 19.2. The molecule has 1 aliphatic heterocycles. The number of imidazole rings is 1. The summed E-state index contributed by atoms with van der Waals surface area (Å²) >= 11 is 0. The molecular formula is C20H18F4N10O4. The number of rotatable bonds is 6. The number of carbonyl (C=O) groups excluding carboxylic acids is 1. The van der Waals surface area contributed by atoms with E-state index < -0.39 is 42.5 Å². The van der Waals surface area contributed by atoms with Crippen molar-refractivity contribution in [3.63, 3.8) is 0 Å². The second-order valence-corrected chi connectivity index (χ2v) is 8.03. The van der Waals surface area contributed by atoms with Crippen LogP contribution in [0.15, 0.2) is 30.6 Å². The predicted molar refractivity (Wildman–Crippen MR) is 118 cm³/mol. The summed E-state index contributed by atoms with van der Waals surface area (Å²) in [5.41, 5.74) is 6.43. The Morgan fingerprint density at radius 1 is 1.26 bits per heavy atom. The van der Waals surface area contributed by atoms with Gasteiger partial charge in [-0.05, 0) is 36.4 Å². The highest BCUT2D eigenvalue weighted by molar-refractivity contribution is 5.83. The number of alkyl halides is 3. The van der Waals surface area contributed by atoms with Crippen molar-refractivity contribution in [3.05, 3.63) is 42.2 Å². The molecule has 4 aromatic rings. The van der Waals surface area contributed by atoms with Crippen molar-refractivity contribution in [2.24, 2.45) is 0 Å². The highest BCUT2D eigenvalue weighted by atomic mass is 19.4. The van der Waals surface area contributed by atoms with E-state index in [0.29, 0.717) is 12.2 Å². The number of nitrogens with one attached hydrogen (secondary N) is 1. The fourth-order valence-electron chi connectivity index (χ4n) is 3.75. The average molecular weight is 538 g/mol. The molecule has 4 atom stereocenters. The summed E-state index contributed by atoms with van der Waals surface area (Å²) in [7, 11) is 0. The number of benzene rings is 1. The molecule has 0 radical (unpaired) electrons. The van der Waals surface area contributed by atoms with Crippen molar-refractivity contribution in [1.82, 2.24) is 39.7 Å². The smallest absolute Gasteiger partial charge is 0.448 e. The lowest BCUT2D eigenvalue weighted by Crippen LogP contribution is -2.38. The van der Waals surface area contributed by atoms with Crippen LogP contribution in [0.25, 0.3) is 11.2 Å². The Kier molecular flexibility index (Phi) is 6.27. The first kappa shape index (κ1) is 25.2. The molecule has 5 rings (SSSR count). The van der Waals surface area contributed by atoms with Crippen molar-refractivity contribution >= 4 is 34.6 Å². The Morgan fingerprint density at radius 3 is 2.66 bits per heavy atom. The lowest BCUT2D eigenvalue weighted by atomic mass is 10.1. The monoisotopic (exact) mass is 538 g/mol. The largest absolute Gasteiger partial charge is 0.490 e. The number of nitrogens with two attached hydrogens (primary N) is 1. The SMILES string of the molecule is CCn1nnc([C@H]2O[C@@H](n3cnc4c(N)nc(Nc5ccc(F)cc5)nc43)[C@H](OC(=O)C(F)(F)F)[C@@H]2O)n1. The molecule has 0 bridgehead atoms. The number of halogens is 4. The van der Waals surface area contributed by atoms with Crippen LogP contribution in [0.5, 0.6) is 0 Å². The number of carbonyl (C=O) groups is 1. The maximum Gasteiger partial charge on any atom is 0.490 e. The fraction of sp³-hybridized carbons (Fsp3) is 0.350. The minimum Gasteiger partial charge on any atom is -0.448 e. The van der Waals surface area contributed by atoms with Crippen LogP contribution in [0.2, 0.25) is 0 Å². The number of aliphatic hydroxyl groups is 1. The van der Waals surface area contributed by atoms with Gasteiger partial charge in [0, 0.05) is 5.69 Å². The number of hydrogen-bond acceptors (Lipinski definition) is 12. The lowest BCUT2D eigenvalue weighted by Gasteiger charge is -2.22. The zero-order valence-electron chi connectivity index (χ0n) is 19.2. The van der Waals surface area contributed by atoms with Gasteiger partial charge in [-0.25, -0.2) is 14.2 Å². The van der Waals surface area contributed by atoms with Gasteiger partial charge in [-0.2, -0.15) is 27.9 Å². The first-order chi connectivity index (χ1) is 18.0. The van der Waals surface area contributed by atoms with Gasteiger partial charge in [0.25, 0.3) is 0 Å². The molecule has 4 heterocycles. The standard InChI is InChI=1S/C20H18F4N10O4/c1-2-34-31-15(30-32-34)12-11(35)13(38-18(36)20(22,23)24)17(37-12)33-7-26-10-14(25)28-19(29-16(10)33)27-9-5-3-8(21)4-6-9/h3-7,11-13,17,35H,2H2,1H3,(H3,25,27,28,29)/t11-,12+,13-,17-/m1/s1. The Balaban J connectivity index is 1.54. The van der Waals surface area contributed by atoms with Gasteiger partial charge in [0.2, 0.25) is 11.8 Å².